The Morgan fingerprint density at radius 3 is 2.95 bits per heavy atom. The summed E-state index contributed by atoms with van der Waals surface area (Å²) in [5.41, 5.74) is 9.20. The number of hydrogen-bond acceptors (Lipinski definition) is 3. The van der Waals surface area contributed by atoms with Crippen molar-refractivity contribution in [2.24, 2.45) is 0 Å². The van der Waals surface area contributed by atoms with Crippen LogP contribution in [0.15, 0.2) is 42.5 Å². The number of ether oxygens (including phenoxy) is 1. The number of methoxy groups -OCH3 is 1. The van der Waals surface area contributed by atoms with Crippen molar-refractivity contribution >= 4 is 23.1 Å². The number of benzene rings is 2. The lowest BCUT2D eigenvalue weighted by Crippen LogP contribution is -2.33. The van der Waals surface area contributed by atoms with Crippen LogP contribution in [0.2, 0.25) is 0 Å². The molecule has 0 fully saturated rings. The molecule has 0 spiro atoms. The molecule has 0 aliphatic carbocycles. The molecule has 5 nitrogen and oxygen atoms in total. The van der Waals surface area contributed by atoms with Crippen LogP contribution in [-0.2, 0) is 6.42 Å². The first-order chi connectivity index (χ1) is 10.2. The molecule has 0 unspecified atom stereocenters. The number of anilines is 3. The number of fused-ring (bicyclic) bond motifs is 1. The van der Waals surface area contributed by atoms with Gasteiger partial charge in [0.25, 0.3) is 0 Å². The molecular weight excluding hydrogens is 266 g/mol. The second-order valence-corrected chi connectivity index (χ2v) is 4.95. The van der Waals surface area contributed by atoms with Gasteiger partial charge < -0.3 is 15.8 Å². The predicted molar refractivity (Wildman–Crippen MR) is 83.9 cm³/mol. The van der Waals surface area contributed by atoms with Crippen molar-refractivity contribution in [3.05, 3.63) is 48.0 Å². The lowest BCUT2D eigenvalue weighted by Gasteiger charge is -2.18. The van der Waals surface area contributed by atoms with Crippen LogP contribution in [0.5, 0.6) is 5.75 Å². The van der Waals surface area contributed by atoms with E-state index in [2.05, 4.69) is 5.32 Å². The van der Waals surface area contributed by atoms with E-state index in [1.54, 1.807) is 18.1 Å². The van der Waals surface area contributed by atoms with Crippen molar-refractivity contribution in [3.8, 4) is 5.75 Å². The highest BCUT2D eigenvalue weighted by Gasteiger charge is 2.24. The first kappa shape index (κ1) is 13.3. The van der Waals surface area contributed by atoms with Gasteiger partial charge in [0.15, 0.2) is 0 Å². The van der Waals surface area contributed by atoms with Crippen molar-refractivity contribution < 1.29 is 9.53 Å². The average Bonchev–Trinajstić information content (AvgIpc) is 2.90. The van der Waals surface area contributed by atoms with Crippen LogP contribution in [0, 0.1) is 0 Å². The summed E-state index contributed by atoms with van der Waals surface area (Å²) in [5.74, 6) is 0.707. The van der Waals surface area contributed by atoms with E-state index in [4.69, 9.17) is 10.5 Å². The van der Waals surface area contributed by atoms with Crippen molar-refractivity contribution in [2.75, 3.05) is 29.6 Å². The largest absolute Gasteiger partial charge is 0.497 e. The smallest absolute Gasteiger partial charge is 0.326 e. The molecule has 3 rings (SSSR count). The van der Waals surface area contributed by atoms with Gasteiger partial charge in [-0.25, -0.2) is 4.79 Å². The number of hydrogen-bond donors (Lipinski definition) is 2. The van der Waals surface area contributed by atoms with E-state index in [1.165, 1.54) is 0 Å². The zero-order valence-electron chi connectivity index (χ0n) is 11.8. The number of nitrogens with zero attached hydrogens (tertiary/aromatic N) is 1. The van der Waals surface area contributed by atoms with Gasteiger partial charge in [-0.05, 0) is 36.2 Å². The standard InChI is InChI=1S/C16H17N3O2/c1-21-14-4-2-3-13(10-14)18-16(20)19-8-7-11-5-6-12(17)9-15(11)19/h2-6,9-10H,7-8,17H2,1H3,(H,18,20). The summed E-state index contributed by atoms with van der Waals surface area (Å²) in [6.45, 7) is 0.661. The molecule has 1 aliphatic heterocycles. The Morgan fingerprint density at radius 1 is 1.29 bits per heavy atom. The summed E-state index contributed by atoms with van der Waals surface area (Å²) in [6, 6.07) is 12.8. The van der Waals surface area contributed by atoms with Crippen LogP contribution in [0.4, 0.5) is 21.9 Å². The van der Waals surface area contributed by atoms with E-state index < -0.39 is 0 Å². The topological polar surface area (TPSA) is 67.6 Å². The van der Waals surface area contributed by atoms with Gasteiger partial charge in [0.2, 0.25) is 0 Å². The fraction of sp³-hybridized carbons (Fsp3) is 0.188. The van der Waals surface area contributed by atoms with Crippen molar-refractivity contribution in [1.82, 2.24) is 0 Å². The summed E-state index contributed by atoms with van der Waals surface area (Å²) in [5, 5.41) is 2.89. The van der Waals surface area contributed by atoms with Crippen LogP contribution in [0.1, 0.15) is 5.56 Å². The summed E-state index contributed by atoms with van der Waals surface area (Å²) < 4.78 is 5.15. The SMILES string of the molecule is COc1cccc(NC(=O)N2CCc3ccc(N)cc32)c1. The van der Waals surface area contributed by atoms with Gasteiger partial charge in [-0.15, -0.1) is 0 Å². The predicted octanol–water partition coefficient (Wildman–Crippen LogP) is 2.87. The maximum atomic E-state index is 12.4. The van der Waals surface area contributed by atoms with E-state index in [0.29, 0.717) is 23.7 Å². The molecule has 0 saturated carbocycles. The lowest BCUT2D eigenvalue weighted by atomic mass is 10.1. The van der Waals surface area contributed by atoms with Crippen LogP contribution in [0.25, 0.3) is 0 Å². The molecule has 0 atom stereocenters. The summed E-state index contributed by atoms with van der Waals surface area (Å²) in [6.07, 6.45) is 0.848. The highest BCUT2D eigenvalue weighted by atomic mass is 16.5. The molecule has 1 aliphatic rings. The molecule has 21 heavy (non-hydrogen) atoms. The van der Waals surface area contributed by atoms with Gasteiger partial charge >= 0.3 is 6.03 Å². The number of carbonyl (C=O) groups is 1. The first-order valence-electron chi connectivity index (χ1n) is 6.78. The second kappa shape index (κ2) is 5.36. The fourth-order valence-corrected chi connectivity index (χ4v) is 2.50. The van der Waals surface area contributed by atoms with Crippen LogP contribution in [0.3, 0.4) is 0 Å². The summed E-state index contributed by atoms with van der Waals surface area (Å²) >= 11 is 0. The third-order valence-corrected chi connectivity index (χ3v) is 3.57. The van der Waals surface area contributed by atoms with E-state index in [0.717, 1.165) is 17.7 Å². The monoisotopic (exact) mass is 283 g/mol. The van der Waals surface area contributed by atoms with E-state index >= 15 is 0 Å². The molecule has 5 heteroatoms. The molecule has 2 aromatic rings. The number of nitrogens with two attached hydrogens (primary N) is 1. The fourth-order valence-electron chi connectivity index (χ4n) is 2.50. The average molecular weight is 283 g/mol. The summed E-state index contributed by atoms with van der Waals surface area (Å²) in [7, 11) is 1.60. The van der Waals surface area contributed by atoms with Gasteiger partial charge in [-0.3, -0.25) is 4.90 Å². The molecule has 2 amide bonds. The Bertz CT molecular complexity index is 685. The number of urea groups is 1. The van der Waals surface area contributed by atoms with E-state index in [1.807, 2.05) is 36.4 Å². The number of nitrogen functional groups attached to an aromatic ring is 1. The minimum atomic E-state index is -0.160. The molecular formula is C16H17N3O2. The maximum Gasteiger partial charge on any atom is 0.326 e. The Kier molecular flexibility index (Phi) is 3.39. The highest BCUT2D eigenvalue weighted by Crippen LogP contribution is 2.30. The number of rotatable bonds is 2. The van der Waals surface area contributed by atoms with Gasteiger partial charge in [-0.2, -0.15) is 0 Å². The summed E-state index contributed by atoms with van der Waals surface area (Å²) in [4.78, 5) is 14.1. The molecule has 108 valence electrons. The minimum absolute atomic E-state index is 0.160. The molecule has 0 bridgehead atoms. The second-order valence-electron chi connectivity index (χ2n) is 4.95. The molecule has 0 saturated heterocycles. The number of nitrogens with one attached hydrogen (secondary N) is 1. The van der Waals surface area contributed by atoms with Gasteiger partial charge in [0.05, 0.1) is 12.8 Å². The quantitative estimate of drug-likeness (QED) is 0.833. The first-order valence-corrected chi connectivity index (χ1v) is 6.78. The van der Waals surface area contributed by atoms with Crippen LogP contribution in [-0.4, -0.2) is 19.7 Å². The minimum Gasteiger partial charge on any atom is -0.497 e. The third kappa shape index (κ3) is 2.63. The Morgan fingerprint density at radius 2 is 2.14 bits per heavy atom. The Balaban J connectivity index is 1.80. The van der Waals surface area contributed by atoms with Crippen molar-refractivity contribution in [2.45, 2.75) is 6.42 Å². The highest BCUT2D eigenvalue weighted by molar-refractivity contribution is 6.03. The van der Waals surface area contributed by atoms with Crippen LogP contribution >= 0.6 is 0 Å². The van der Waals surface area contributed by atoms with Gasteiger partial charge in [-0.1, -0.05) is 12.1 Å². The third-order valence-electron chi connectivity index (χ3n) is 3.57. The zero-order valence-corrected chi connectivity index (χ0v) is 11.8. The van der Waals surface area contributed by atoms with Gasteiger partial charge in [0, 0.05) is 24.0 Å². The Hall–Kier alpha value is -2.69. The molecule has 0 radical (unpaired) electrons. The van der Waals surface area contributed by atoms with E-state index in [-0.39, 0.29) is 6.03 Å². The van der Waals surface area contributed by atoms with Gasteiger partial charge in [0.1, 0.15) is 5.75 Å². The zero-order chi connectivity index (χ0) is 14.8. The maximum absolute atomic E-state index is 12.4. The van der Waals surface area contributed by atoms with E-state index in [9.17, 15) is 4.79 Å². The normalized spacial score (nSPS) is 12.9. The molecule has 0 aromatic heterocycles. The molecule has 2 aromatic carbocycles. The molecule has 3 N–H and O–H groups in total. The lowest BCUT2D eigenvalue weighted by molar-refractivity contribution is 0.257. The molecule has 1 heterocycles. The van der Waals surface area contributed by atoms with Crippen molar-refractivity contribution in [3.63, 3.8) is 0 Å². The van der Waals surface area contributed by atoms with Crippen LogP contribution < -0.4 is 20.7 Å². The number of carbonyl (C=O) groups excluding carboxylic acids is 1. The van der Waals surface area contributed by atoms with Crippen molar-refractivity contribution in [1.29, 1.82) is 0 Å². The Labute approximate surface area is 123 Å². The number of amides is 2.